The van der Waals surface area contributed by atoms with E-state index in [-0.39, 0.29) is 5.41 Å². The molecule has 0 atom stereocenters. The summed E-state index contributed by atoms with van der Waals surface area (Å²) in [6.45, 7) is 8.98. The van der Waals surface area contributed by atoms with Crippen molar-refractivity contribution in [3.8, 4) is 11.3 Å². The number of piperidine rings is 2. The quantitative estimate of drug-likeness (QED) is 0.787. The second-order valence-corrected chi connectivity index (χ2v) is 10.4. The zero-order chi connectivity index (χ0) is 21.5. The van der Waals surface area contributed by atoms with Gasteiger partial charge in [0.05, 0.1) is 5.69 Å². The molecular weight excluding hydrogens is 396 g/mol. The van der Waals surface area contributed by atoms with Crippen molar-refractivity contribution in [2.24, 2.45) is 0 Å². The summed E-state index contributed by atoms with van der Waals surface area (Å²) in [5, 5.41) is 3.55. The van der Waals surface area contributed by atoms with Gasteiger partial charge in [-0.05, 0) is 76.5 Å². The van der Waals surface area contributed by atoms with Gasteiger partial charge in [0.15, 0.2) is 0 Å². The van der Waals surface area contributed by atoms with Crippen molar-refractivity contribution in [3.63, 3.8) is 0 Å². The highest BCUT2D eigenvalue weighted by Gasteiger charge is 2.40. The van der Waals surface area contributed by atoms with Gasteiger partial charge in [0.1, 0.15) is 0 Å². The lowest BCUT2D eigenvalue weighted by Gasteiger charge is -2.43. The Hall–Kier alpha value is -2.02. The summed E-state index contributed by atoms with van der Waals surface area (Å²) in [6.07, 6.45) is 8.22. The highest BCUT2D eigenvalue weighted by atomic mass is 15.3. The highest BCUT2D eigenvalue weighted by molar-refractivity contribution is 5.72. The number of rotatable bonds is 2. The third-order valence-electron chi connectivity index (χ3n) is 8.50. The molecule has 3 saturated heterocycles. The van der Waals surface area contributed by atoms with Crippen LogP contribution in [0.15, 0.2) is 30.5 Å². The molecule has 0 radical (unpaired) electrons. The fourth-order valence-electron chi connectivity index (χ4n) is 6.52. The Morgan fingerprint density at radius 1 is 0.969 bits per heavy atom. The van der Waals surface area contributed by atoms with E-state index >= 15 is 0 Å². The van der Waals surface area contributed by atoms with E-state index in [1.54, 1.807) is 0 Å². The lowest BCUT2D eigenvalue weighted by atomic mass is 9.64. The minimum absolute atomic E-state index is 0.249. The van der Waals surface area contributed by atoms with E-state index in [0.717, 1.165) is 57.7 Å². The Morgan fingerprint density at radius 2 is 1.72 bits per heavy atom. The summed E-state index contributed by atoms with van der Waals surface area (Å²) in [7, 11) is 2.24. The molecule has 1 aliphatic carbocycles. The van der Waals surface area contributed by atoms with Crippen molar-refractivity contribution in [1.82, 2.24) is 25.1 Å². The maximum Gasteiger partial charge on any atom is 0.225 e. The van der Waals surface area contributed by atoms with Crippen molar-refractivity contribution >= 4 is 5.95 Å². The summed E-state index contributed by atoms with van der Waals surface area (Å²) >= 11 is 0. The van der Waals surface area contributed by atoms with Crippen molar-refractivity contribution in [2.45, 2.75) is 43.6 Å². The molecule has 6 nitrogen and oxygen atoms in total. The first kappa shape index (κ1) is 20.6. The van der Waals surface area contributed by atoms with Crippen LogP contribution in [0.2, 0.25) is 0 Å². The second-order valence-electron chi connectivity index (χ2n) is 10.4. The van der Waals surface area contributed by atoms with Crippen molar-refractivity contribution in [2.75, 3.05) is 64.3 Å². The van der Waals surface area contributed by atoms with Crippen molar-refractivity contribution in [1.29, 1.82) is 0 Å². The summed E-state index contributed by atoms with van der Waals surface area (Å²) in [6, 6.07) is 9.77. The maximum atomic E-state index is 5.18. The monoisotopic (exact) mass is 432 g/mol. The van der Waals surface area contributed by atoms with E-state index in [0.29, 0.717) is 0 Å². The molecule has 1 N–H and O–H groups in total. The fraction of sp³-hybridized carbons (Fsp3) is 0.615. The van der Waals surface area contributed by atoms with Crippen LogP contribution in [-0.4, -0.2) is 85.2 Å². The zero-order valence-corrected chi connectivity index (χ0v) is 19.4. The van der Waals surface area contributed by atoms with Gasteiger partial charge in [-0.15, -0.1) is 0 Å². The Balaban J connectivity index is 1.22. The molecule has 6 heteroatoms. The molecule has 3 aliphatic heterocycles. The molecule has 1 spiro atoms. The van der Waals surface area contributed by atoms with Crippen LogP contribution in [0.4, 0.5) is 5.95 Å². The normalized spacial score (nSPS) is 24.3. The molecule has 0 bridgehead atoms. The van der Waals surface area contributed by atoms with Crippen LogP contribution >= 0.6 is 0 Å². The highest BCUT2D eigenvalue weighted by Crippen LogP contribution is 2.47. The van der Waals surface area contributed by atoms with E-state index < -0.39 is 0 Å². The molecule has 1 aromatic heterocycles. The topological polar surface area (TPSA) is 47.5 Å². The summed E-state index contributed by atoms with van der Waals surface area (Å²) in [4.78, 5) is 17.6. The van der Waals surface area contributed by atoms with E-state index in [1.807, 2.05) is 0 Å². The standard InChI is InChI=1S/C26H36N6/c1-30-12-6-21(7-13-30)31-14-16-32(17-15-31)25-28-19-20-18-26(8-10-27-11-9-26)23-5-3-2-4-22(23)24(20)29-25/h2-5,19,21,27H,6-18H2,1H3. The third-order valence-corrected chi connectivity index (χ3v) is 8.50. The first-order chi connectivity index (χ1) is 15.7. The SMILES string of the molecule is CN1CCC(N2CCN(c3ncc4c(n3)-c3ccccc3C3(CCNCC3)C4)CC2)CC1. The van der Waals surface area contributed by atoms with E-state index in [9.17, 15) is 0 Å². The number of hydrogen-bond acceptors (Lipinski definition) is 6. The van der Waals surface area contributed by atoms with Crippen LogP contribution in [0.3, 0.4) is 0 Å². The van der Waals surface area contributed by atoms with Crippen LogP contribution in [0.5, 0.6) is 0 Å². The molecule has 4 heterocycles. The van der Waals surface area contributed by atoms with Crippen molar-refractivity contribution < 1.29 is 0 Å². The second kappa shape index (κ2) is 8.40. The molecule has 2 aromatic rings. The molecule has 6 rings (SSSR count). The first-order valence-corrected chi connectivity index (χ1v) is 12.6. The van der Waals surface area contributed by atoms with Gasteiger partial charge >= 0.3 is 0 Å². The Labute approximate surface area is 192 Å². The minimum atomic E-state index is 0.249. The Bertz CT molecular complexity index is 953. The van der Waals surface area contributed by atoms with E-state index in [1.165, 1.54) is 61.2 Å². The number of nitrogens with zero attached hydrogens (tertiary/aromatic N) is 5. The van der Waals surface area contributed by atoms with Gasteiger partial charge in [0.2, 0.25) is 5.95 Å². The van der Waals surface area contributed by atoms with Gasteiger partial charge in [-0.3, -0.25) is 4.90 Å². The van der Waals surface area contributed by atoms with Gasteiger partial charge in [-0.25, -0.2) is 9.97 Å². The van der Waals surface area contributed by atoms with Crippen LogP contribution in [0, 0.1) is 0 Å². The molecule has 32 heavy (non-hydrogen) atoms. The molecule has 0 saturated carbocycles. The number of piperazine rings is 1. The Morgan fingerprint density at radius 3 is 2.50 bits per heavy atom. The summed E-state index contributed by atoms with van der Waals surface area (Å²) in [5.41, 5.74) is 5.60. The molecule has 170 valence electrons. The largest absolute Gasteiger partial charge is 0.338 e. The molecule has 1 aromatic carbocycles. The number of likely N-dealkylation sites (tertiary alicyclic amines) is 1. The number of fused-ring (bicyclic) bond motifs is 4. The van der Waals surface area contributed by atoms with Gasteiger partial charge in [0.25, 0.3) is 0 Å². The van der Waals surface area contributed by atoms with Gasteiger partial charge in [-0.1, -0.05) is 24.3 Å². The number of aromatic nitrogens is 2. The Kier molecular flexibility index (Phi) is 5.40. The predicted molar refractivity (Wildman–Crippen MR) is 129 cm³/mol. The maximum absolute atomic E-state index is 5.18. The van der Waals surface area contributed by atoms with Gasteiger partial charge < -0.3 is 15.1 Å². The fourth-order valence-corrected chi connectivity index (χ4v) is 6.52. The molecule has 0 unspecified atom stereocenters. The lowest BCUT2D eigenvalue weighted by Crippen LogP contribution is -2.53. The van der Waals surface area contributed by atoms with Gasteiger partial charge in [-0.2, -0.15) is 0 Å². The van der Waals surface area contributed by atoms with E-state index in [4.69, 9.17) is 9.97 Å². The summed E-state index contributed by atoms with van der Waals surface area (Å²) < 4.78 is 0. The first-order valence-electron chi connectivity index (χ1n) is 12.6. The van der Waals surface area contributed by atoms with Crippen LogP contribution in [0.25, 0.3) is 11.3 Å². The van der Waals surface area contributed by atoms with Crippen LogP contribution < -0.4 is 10.2 Å². The number of benzene rings is 1. The molecule has 3 fully saturated rings. The molecule has 4 aliphatic rings. The molecular formula is C26H36N6. The average molecular weight is 433 g/mol. The van der Waals surface area contributed by atoms with Crippen molar-refractivity contribution in [3.05, 3.63) is 41.6 Å². The number of hydrogen-bond donors (Lipinski definition) is 1. The predicted octanol–water partition coefficient (Wildman–Crippen LogP) is 2.54. The minimum Gasteiger partial charge on any atom is -0.338 e. The van der Waals surface area contributed by atoms with Crippen LogP contribution in [-0.2, 0) is 11.8 Å². The third kappa shape index (κ3) is 3.62. The average Bonchev–Trinajstić information content (AvgIpc) is 2.85. The molecule has 0 amide bonds. The smallest absolute Gasteiger partial charge is 0.225 e. The number of nitrogens with one attached hydrogen (secondary N) is 1. The zero-order valence-electron chi connectivity index (χ0n) is 19.4. The van der Waals surface area contributed by atoms with Gasteiger partial charge in [0, 0.05) is 49.4 Å². The number of anilines is 1. The van der Waals surface area contributed by atoms with Crippen LogP contribution in [0.1, 0.15) is 36.8 Å². The van der Waals surface area contributed by atoms with E-state index in [2.05, 4.69) is 57.5 Å². The summed E-state index contributed by atoms with van der Waals surface area (Å²) in [5.74, 6) is 0.919. The lowest BCUT2D eigenvalue weighted by molar-refractivity contribution is 0.115.